The molecule has 0 aromatic heterocycles. The van der Waals surface area contributed by atoms with Gasteiger partial charge in [-0.15, -0.1) is 0 Å². The first kappa shape index (κ1) is 10.5. The Hall–Kier alpha value is -0.0400. The minimum absolute atomic E-state index is 0.813. The van der Waals surface area contributed by atoms with Crippen molar-refractivity contribution in [2.24, 2.45) is 17.3 Å². The van der Waals surface area contributed by atoms with E-state index in [1.165, 1.54) is 51.5 Å². The van der Waals surface area contributed by atoms with Gasteiger partial charge in [0.15, 0.2) is 0 Å². The Balaban J connectivity index is 1.74. The van der Waals surface area contributed by atoms with Crippen LogP contribution in [0.2, 0.25) is 0 Å². The van der Waals surface area contributed by atoms with Gasteiger partial charge >= 0.3 is 0 Å². The quantitative estimate of drug-likeness (QED) is 0.726. The lowest BCUT2D eigenvalue weighted by molar-refractivity contribution is 0.228. The molecule has 0 amide bonds. The van der Waals surface area contributed by atoms with Gasteiger partial charge in [-0.2, -0.15) is 0 Å². The highest BCUT2D eigenvalue weighted by Gasteiger charge is 2.53. The van der Waals surface area contributed by atoms with Gasteiger partial charge in [0.05, 0.1) is 0 Å². The van der Waals surface area contributed by atoms with Crippen LogP contribution in [0.1, 0.15) is 51.9 Å². The van der Waals surface area contributed by atoms with Crippen LogP contribution < -0.4 is 5.32 Å². The second-order valence-corrected chi connectivity index (χ2v) is 5.55. The third-order valence-electron chi connectivity index (χ3n) is 4.61. The fraction of sp³-hybridized carbons (Fsp3) is 1.00. The normalized spacial score (nSPS) is 41.6. The van der Waals surface area contributed by atoms with Crippen LogP contribution in [0.4, 0.5) is 0 Å². The molecule has 14 heavy (non-hydrogen) atoms. The standard InChI is InChI=1S/C13H25N/c1-3-4-11-5-7-13(8-6-11)9-12(13)10-14-2/h11-12,14H,3-10H2,1-2H3. The van der Waals surface area contributed by atoms with E-state index in [-0.39, 0.29) is 0 Å². The van der Waals surface area contributed by atoms with Crippen LogP contribution >= 0.6 is 0 Å². The summed E-state index contributed by atoms with van der Waals surface area (Å²) >= 11 is 0. The minimum atomic E-state index is 0.813. The van der Waals surface area contributed by atoms with Crippen LogP contribution in [0.15, 0.2) is 0 Å². The van der Waals surface area contributed by atoms with E-state index in [1.54, 1.807) is 0 Å². The van der Waals surface area contributed by atoms with Crippen LogP contribution in [0.25, 0.3) is 0 Å². The van der Waals surface area contributed by atoms with E-state index in [4.69, 9.17) is 0 Å². The second kappa shape index (κ2) is 4.22. The van der Waals surface area contributed by atoms with Gasteiger partial charge < -0.3 is 5.32 Å². The van der Waals surface area contributed by atoms with Crippen LogP contribution in [0.5, 0.6) is 0 Å². The zero-order valence-corrected chi connectivity index (χ0v) is 9.81. The largest absolute Gasteiger partial charge is 0.319 e. The number of nitrogens with one attached hydrogen (secondary N) is 1. The molecule has 1 nitrogen and oxygen atoms in total. The summed E-state index contributed by atoms with van der Waals surface area (Å²) in [6.07, 6.45) is 10.5. The maximum absolute atomic E-state index is 3.34. The number of hydrogen-bond acceptors (Lipinski definition) is 1. The molecule has 0 aromatic rings. The summed E-state index contributed by atoms with van der Waals surface area (Å²) in [6, 6.07) is 0. The molecule has 0 saturated heterocycles. The zero-order valence-electron chi connectivity index (χ0n) is 9.81. The van der Waals surface area contributed by atoms with Gasteiger partial charge in [-0.3, -0.25) is 0 Å². The first-order chi connectivity index (χ1) is 6.80. The SMILES string of the molecule is CCCC1CCC2(CC1)CC2CNC. The van der Waals surface area contributed by atoms with Crippen molar-refractivity contribution < 1.29 is 0 Å². The predicted octanol–water partition coefficient (Wildman–Crippen LogP) is 3.20. The highest BCUT2D eigenvalue weighted by Crippen LogP contribution is 2.62. The molecule has 2 aliphatic carbocycles. The summed E-state index contributed by atoms with van der Waals surface area (Å²) in [5, 5.41) is 3.34. The Labute approximate surface area is 88.7 Å². The summed E-state index contributed by atoms with van der Waals surface area (Å²) < 4.78 is 0. The van der Waals surface area contributed by atoms with Crippen molar-refractivity contribution >= 4 is 0 Å². The highest BCUT2D eigenvalue weighted by atomic mass is 14.8. The summed E-state index contributed by atoms with van der Waals surface area (Å²) in [5.74, 6) is 2.09. The summed E-state index contributed by atoms with van der Waals surface area (Å²) in [5.41, 5.74) is 0.813. The number of rotatable bonds is 4. The van der Waals surface area contributed by atoms with Crippen molar-refractivity contribution in [3.63, 3.8) is 0 Å². The van der Waals surface area contributed by atoms with Crippen molar-refractivity contribution in [2.45, 2.75) is 51.9 Å². The molecule has 1 heteroatoms. The van der Waals surface area contributed by atoms with Gasteiger partial charge in [0.2, 0.25) is 0 Å². The Morgan fingerprint density at radius 3 is 2.57 bits per heavy atom. The summed E-state index contributed by atoms with van der Waals surface area (Å²) in [6.45, 7) is 3.59. The zero-order chi connectivity index (χ0) is 10.0. The molecule has 0 heterocycles. The fourth-order valence-corrected chi connectivity index (χ4v) is 3.53. The Kier molecular flexibility index (Phi) is 3.16. The van der Waals surface area contributed by atoms with Crippen molar-refractivity contribution in [3.8, 4) is 0 Å². The van der Waals surface area contributed by atoms with E-state index in [0.717, 1.165) is 17.3 Å². The molecule has 1 unspecified atom stereocenters. The van der Waals surface area contributed by atoms with E-state index in [2.05, 4.69) is 19.3 Å². The van der Waals surface area contributed by atoms with Crippen molar-refractivity contribution in [3.05, 3.63) is 0 Å². The first-order valence-corrected chi connectivity index (χ1v) is 6.45. The molecule has 1 N–H and O–H groups in total. The van der Waals surface area contributed by atoms with E-state index >= 15 is 0 Å². The van der Waals surface area contributed by atoms with Gasteiger partial charge in [0, 0.05) is 0 Å². The molecule has 2 aliphatic rings. The van der Waals surface area contributed by atoms with Crippen molar-refractivity contribution in [2.75, 3.05) is 13.6 Å². The predicted molar refractivity (Wildman–Crippen MR) is 61.3 cm³/mol. The van der Waals surface area contributed by atoms with Gasteiger partial charge in [0.1, 0.15) is 0 Å². The van der Waals surface area contributed by atoms with Gasteiger partial charge in [0.25, 0.3) is 0 Å². The lowest BCUT2D eigenvalue weighted by atomic mass is 9.77. The van der Waals surface area contributed by atoms with Gasteiger partial charge in [-0.25, -0.2) is 0 Å². The average molecular weight is 195 g/mol. The molecule has 0 bridgehead atoms. The number of hydrogen-bond donors (Lipinski definition) is 1. The Morgan fingerprint density at radius 2 is 2.00 bits per heavy atom. The molecule has 1 spiro atoms. The lowest BCUT2D eigenvalue weighted by Crippen LogP contribution is -2.20. The Morgan fingerprint density at radius 1 is 1.29 bits per heavy atom. The third-order valence-corrected chi connectivity index (χ3v) is 4.61. The van der Waals surface area contributed by atoms with E-state index in [0.29, 0.717) is 0 Å². The van der Waals surface area contributed by atoms with E-state index in [1.807, 2.05) is 0 Å². The molecule has 2 rings (SSSR count). The highest BCUT2D eigenvalue weighted by molar-refractivity contribution is 5.04. The van der Waals surface area contributed by atoms with Crippen LogP contribution in [0.3, 0.4) is 0 Å². The molecular weight excluding hydrogens is 170 g/mol. The molecule has 82 valence electrons. The van der Waals surface area contributed by atoms with Crippen LogP contribution in [-0.4, -0.2) is 13.6 Å². The maximum Gasteiger partial charge on any atom is -0.00180 e. The topological polar surface area (TPSA) is 12.0 Å². The minimum Gasteiger partial charge on any atom is -0.319 e. The molecular formula is C13H25N. The van der Waals surface area contributed by atoms with Crippen molar-refractivity contribution in [1.82, 2.24) is 5.32 Å². The first-order valence-electron chi connectivity index (χ1n) is 6.45. The second-order valence-electron chi connectivity index (χ2n) is 5.55. The van der Waals surface area contributed by atoms with Gasteiger partial charge in [-0.1, -0.05) is 19.8 Å². The fourth-order valence-electron chi connectivity index (χ4n) is 3.53. The molecule has 1 atom stereocenters. The average Bonchev–Trinajstić information content (AvgIpc) is 2.85. The maximum atomic E-state index is 3.34. The van der Waals surface area contributed by atoms with E-state index < -0.39 is 0 Å². The smallest absolute Gasteiger partial charge is 0.00180 e. The Bertz CT molecular complexity index is 180. The summed E-state index contributed by atoms with van der Waals surface area (Å²) in [7, 11) is 2.09. The molecule has 2 fully saturated rings. The third kappa shape index (κ3) is 1.98. The monoisotopic (exact) mass is 195 g/mol. The molecule has 0 aliphatic heterocycles. The van der Waals surface area contributed by atoms with Crippen molar-refractivity contribution in [1.29, 1.82) is 0 Å². The van der Waals surface area contributed by atoms with Gasteiger partial charge in [-0.05, 0) is 62.9 Å². The molecule has 0 aromatic carbocycles. The van der Waals surface area contributed by atoms with Crippen LogP contribution in [0, 0.1) is 17.3 Å². The molecule has 0 radical (unpaired) electrons. The van der Waals surface area contributed by atoms with Crippen LogP contribution in [-0.2, 0) is 0 Å². The molecule has 2 saturated carbocycles. The van der Waals surface area contributed by atoms with E-state index in [9.17, 15) is 0 Å². The summed E-state index contributed by atoms with van der Waals surface area (Å²) in [4.78, 5) is 0. The lowest BCUT2D eigenvalue weighted by Gasteiger charge is -2.29.